The van der Waals surface area contributed by atoms with Gasteiger partial charge in [-0.2, -0.15) is 10.4 Å². The van der Waals surface area contributed by atoms with E-state index < -0.39 is 0 Å². The number of benzene rings is 1. The van der Waals surface area contributed by atoms with Crippen LogP contribution in [-0.2, 0) is 0 Å². The molecule has 1 aromatic heterocycles. The average Bonchev–Trinajstić information content (AvgIpc) is 2.87. The Balaban J connectivity index is 2.36. The van der Waals surface area contributed by atoms with E-state index in [1.807, 2.05) is 35.0 Å². The van der Waals surface area contributed by atoms with Crippen molar-refractivity contribution in [2.75, 3.05) is 0 Å². The van der Waals surface area contributed by atoms with E-state index in [-0.39, 0.29) is 5.96 Å². The van der Waals surface area contributed by atoms with Gasteiger partial charge in [0.1, 0.15) is 0 Å². The standard InChI is InChI=1S/C13H12N6/c14-8-10-3-1-4-11(7-10)19-6-2-5-12(19)9-17-18-13(15)16/h1-7,9H,(H4,15,16,18)/b17-9+. The van der Waals surface area contributed by atoms with Crippen LogP contribution in [0.1, 0.15) is 11.3 Å². The molecule has 6 heteroatoms. The summed E-state index contributed by atoms with van der Waals surface area (Å²) in [6.07, 6.45) is 3.41. The smallest absolute Gasteiger partial charge is 0.211 e. The highest BCUT2D eigenvalue weighted by atomic mass is 15.3. The highest BCUT2D eigenvalue weighted by Crippen LogP contribution is 2.13. The van der Waals surface area contributed by atoms with Crippen molar-refractivity contribution in [1.82, 2.24) is 4.57 Å². The lowest BCUT2D eigenvalue weighted by molar-refractivity contribution is 1.06. The number of nitriles is 1. The molecule has 0 amide bonds. The van der Waals surface area contributed by atoms with Crippen molar-refractivity contribution in [3.63, 3.8) is 0 Å². The summed E-state index contributed by atoms with van der Waals surface area (Å²) in [5, 5.41) is 16.2. The van der Waals surface area contributed by atoms with Crippen molar-refractivity contribution >= 4 is 12.2 Å². The zero-order chi connectivity index (χ0) is 13.7. The number of rotatable bonds is 3. The zero-order valence-electron chi connectivity index (χ0n) is 10.1. The van der Waals surface area contributed by atoms with Gasteiger partial charge in [-0.3, -0.25) is 0 Å². The molecule has 0 spiro atoms. The molecular weight excluding hydrogens is 240 g/mol. The third kappa shape index (κ3) is 2.98. The highest BCUT2D eigenvalue weighted by molar-refractivity contribution is 5.81. The van der Waals surface area contributed by atoms with Gasteiger partial charge in [-0.15, -0.1) is 5.10 Å². The fourth-order valence-electron chi connectivity index (χ4n) is 1.61. The first-order chi connectivity index (χ1) is 9.20. The predicted molar refractivity (Wildman–Crippen MR) is 73.9 cm³/mol. The Morgan fingerprint density at radius 1 is 1.26 bits per heavy atom. The molecule has 0 aliphatic heterocycles. The molecule has 0 saturated carbocycles. The summed E-state index contributed by atoms with van der Waals surface area (Å²) < 4.78 is 1.88. The van der Waals surface area contributed by atoms with Crippen molar-refractivity contribution in [3.8, 4) is 11.8 Å². The Labute approximate surface area is 110 Å². The largest absolute Gasteiger partial charge is 0.369 e. The first-order valence-electron chi connectivity index (χ1n) is 5.50. The molecule has 0 unspecified atom stereocenters. The number of hydrogen-bond donors (Lipinski definition) is 2. The van der Waals surface area contributed by atoms with Gasteiger partial charge in [0.25, 0.3) is 0 Å². The number of nitrogens with zero attached hydrogens (tertiary/aromatic N) is 4. The van der Waals surface area contributed by atoms with Crippen molar-refractivity contribution in [1.29, 1.82) is 5.26 Å². The predicted octanol–water partition coefficient (Wildman–Crippen LogP) is 0.956. The average molecular weight is 252 g/mol. The maximum Gasteiger partial charge on any atom is 0.211 e. The van der Waals surface area contributed by atoms with E-state index in [0.29, 0.717) is 5.56 Å². The molecule has 0 saturated heterocycles. The van der Waals surface area contributed by atoms with Crippen LogP contribution in [0.3, 0.4) is 0 Å². The molecule has 2 rings (SSSR count). The summed E-state index contributed by atoms with van der Waals surface area (Å²) in [6, 6.07) is 13.1. The van der Waals surface area contributed by atoms with E-state index >= 15 is 0 Å². The van der Waals surface area contributed by atoms with Crippen LogP contribution in [-0.4, -0.2) is 16.7 Å². The molecule has 0 radical (unpaired) electrons. The quantitative estimate of drug-likeness (QED) is 0.482. The van der Waals surface area contributed by atoms with Crippen LogP contribution in [0.2, 0.25) is 0 Å². The molecule has 19 heavy (non-hydrogen) atoms. The number of guanidine groups is 1. The third-order valence-corrected chi connectivity index (χ3v) is 2.40. The van der Waals surface area contributed by atoms with Crippen LogP contribution in [0, 0.1) is 11.3 Å². The summed E-state index contributed by atoms with van der Waals surface area (Å²) in [5.74, 6) is -0.0965. The van der Waals surface area contributed by atoms with Gasteiger partial charge in [0, 0.05) is 11.9 Å². The lowest BCUT2D eigenvalue weighted by Gasteiger charge is -2.05. The minimum atomic E-state index is -0.0965. The van der Waals surface area contributed by atoms with Crippen LogP contribution in [0.15, 0.2) is 52.8 Å². The maximum absolute atomic E-state index is 8.90. The van der Waals surface area contributed by atoms with Gasteiger partial charge in [0.15, 0.2) is 0 Å². The van der Waals surface area contributed by atoms with E-state index in [1.54, 1.807) is 18.3 Å². The Kier molecular flexibility index (Phi) is 3.59. The molecule has 2 aromatic rings. The van der Waals surface area contributed by atoms with E-state index in [2.05, 4.69) is 16.3 Å². The fraction of sp³-hybridized carbons (Fsp3) is 0. The monoisotopic (exact) mass is 252 g/mol. The molecule has 94 valence electrons. The molecule has 4 N–H and O–H groups in total. The summed E-state index contributed by atoms with van der Waals surface area (Å²) in [6.45, 7) is 0. The number of aromatic nitrogens is 1. The first-order valence-corrected chi connectivity index (χ1v) is 5.50. The topological polar surface area (TPSA) is 105 Å². The highest BCUT2D eigenvalue weighted by Gasteiger charge is 2.01. The van der Waals surface area contributed by atoms with Crippen LogP contribution >= 0.6 is 0 Å². The van der Waals surface area contributed by atoms with Crippen molar-refractivity contribution in [3.05, 3.63) is 53.9 Å². The normalized spacial score (nSPS) is 10.3. The van der Waals surface area contributed by atoms with Gasteiger partial charge in [0.2, 0.25) is 5.96 Å². The van der Waals surface area contributed by atoms with Crippen LogP contribution in [0.25, 0.3) is 5.69 Å². The second kappa shape index (κ2) is 5.51. The third-order valence-electron chi connectivity index (χ3n) is 2.40. The van der Waals surface area contributed by atoms with Gasteiger partial charge in [0.05, 0.1) is 23.5 Å². The summed E-state index contributed by atoms with van der Waals surface area (Å²) in [7, 11) is 0. The Morgan fingerprint density at radius 2 is 2.11 bits per heavy atom. The Morgan fingerprint density at radius 3 is 2.84 bits per heavy atom. The van der Waals surface area contributed by atoms with Crippen molar-refractivity contribution in [2.45, 2.75) is 0 Å². The molecule has 0 aliphatic rings. The van der Waals surface area contributed by atoms with Crippen LogP contribution in [0.4, 0.5) is 0 Å². The second-order valence-electron chi connectivity index (χ2n) is 3.73. The second-order valence-corrected chi connectivity index (χ2v) is 3.73. The molecular formula is C13H12N6. The van der Waals surface area contributed by atoms with Gasteiger partial charge in [-0.1, -0.05) is 6.07 Å². The minimum absolute atomic E-state index is 0.0965. The van der Waals surface area contributed by atoms with E-state index in [1.165, 1.54) is 0 Å². The van der Waals surface area contributed by atoms with Gasteiger partial charge in [-0.05, 0) is 30.3 Å². The molecule has 6 nitrogen and oxygen atoms in total. The van der Waals surface area contributed by atoms with Crippen molar-refractivity contribution < 1.29 is 0 Å². The summed E-state index contributed by atoms with van der Waals surface area (Å²) in [4.78, 5) is 0. The molecule has 1 aromatic carbocycles. The maximum atomic E-state index is 8.90. The molecule has 0 atom stereocenters. The summed E-state index contributed by atoms with van der Waals surface area (Å²) >= 11 is 0. The SMILES string of the molecule is N#Cc1cccc(-n2cccc2/C=N/N=C(N)N)c1. The van der Waals surface area contributed by atoms with E-state index in [4.69, 9.17) is 16.7 Å². The van der Waals surface area contributed by atoms with Gasteiger partial charge < -0.3 is 16.0 Å². The van der Waals surface area contributed by atoms with Crippen LogP contribution < -0.4 is 11.5 Å². The molecule has 1 heterocycles. The number of hydrogen-bond acceptors (Lipinski definition) is 3. The van der Waals surface area contributed by atoms with E-state index in [0.717, 1.165) is 11.4 Å². The van der Waals surface area contributed by atoms with Gasteiger partial charge >= 0.3 is 0 Å². The van der Waals surface area contributed by atoms with Crippen LogP contribution in [0.5, 0.6) is 0 Å². The Hall–Kier alpha value is -3.07. The lowest BCUT2D eigenvalue weighted by atomic mass is 10.2. The summed E-state index contributed by atoms with van der Waals surface area (Å²) in [5.41, 5.74) is 12.7. The fourth-order valence-corrected chi connectivity index (χ4v) is 1.61. The zero-order valence-corrected chi connectivity index (χ0v) is 10.1. The molecule has 0 fully saturated rings. The number of nitrogens with two attached hydrogens (primary N) is 2. The van der Waals surface area contributed by atoms with Crippen molar-refractivity contribution in [2.24, 2.45) is 21.7 Å². The minimum Gasteiger partial charge on any atom is -0.369 e. The first kappa shape index (κ1) is 12.4. The lowest BCUT2D eigenvalue weighted by Crippen LogP contribution is -2.21. The van der Waals surface area contributed by atoms with E-state index in [9.17, 15) is 0 Å². The van der Waals surface area contributed by atoms with Gasteiger partial charge in [-0.25, -0.2) is 0 Å². The molecule has 0 bridgehead atoms. The Bertz CT molecular complexity index is 670. The molecule has 0 aliphatic carbocycles.